The normalized spacial score (nSPS) is 11.4. The number of hydrogen-bond donors (Lipinski definition) is 0. The second-order valence-corrected chi connectivity index (χ2v) is 4.61. The SMILES string of the molecule is O=c1ccc2c(ccc3c4ccccc4ccc23)o1. The molecule has 0 aliphatic carbocycles. The van der Waals surface area contributed by atoms with Gasteiger partial charge in [0, 0.05) is 11.5 Å². The van der Waals surface area contributed by atoms with Gasteiger partial charge in [-0.05, 0) is 33.7 Å². The highest BCUT2D eigenvalue weighted by atomic mass is 16.4. The van der Waals surface area contributed by atoms with E-state index in [2.05, 4.69) is 24.3 Å². The molecule has 0 atom stereocenters. The van der Waals surface area contributed by atoms with Crippen LogP contribution in [-0.4, -0.2) is 0 Å². The molecule has 0 aliphatic rings. The predicted molar refractivity (Wildman–Crippen MR) is 77.5 cm³/mol. The van der Waals surface area contributed by atoms with Crippen LogP contribution in [0, 0.1) is 0 Å². The summed E-state index contributed by atoms with van der Waals surface area (Å²) < 4.78 is 5.23. The van der Waals surface area contributed by atoms with Crippen molar-refractivity contribution >= 4 is 32.5 Å². The minimum atomic E-state index is -0.312. The molecule has 2 nitrogen and oxygen atoms in total. The molecule has 0 radical (unpaired) electrons. The van der Waals surface area contributed by atoms with Crippen molar-refractivity contribution in [1.29, 1.82) is 0 Å². The summed E-state index contributed by atoms with van der Waals surface area (Å²) in [6.07, 6.45) is 0. The Bertz CT molecular complexity index is 980. The van der Waals surface area contributed by atoms with E-state index in [1.54, 1.807) is 0 Å². The molecular weight excluding hydrogens is 236 g/mol. The Hall–Kier alpha value is -2.61. The van der Waals surface area contributed by atoms with E-state index < -0.39 is 0 Å². The minimum absolute atomic E-state index is 0.312. The molecule has 2 heteroatoms. The third-order valence-electron chi connectivity index (χ3n) is 3.52. The maximum Gasteiger partial charge on any atom is 0.336 e. The lowest BCUT2D eigenvalue weighted by atomic mass is 9.99. The van der Waals surface area contributed by atoms with E-state index >= 15 is 0 Å². The number of benzene rings is 3. The molecule has 1 aromatic heterocycles. The van der Waals surface area contributed by atoms with Crippen LogP contribution in [0.5, 0.6) is 0 Å². The van der Waals surface area contributed by atoms with Gasteiger partial charge in [-0.1, -0.05) is 42.5 Å². The van der Waals surface area contributed by atoms with Gasteiger partial charge in [-0.25, -0.2) is 4.79 Å². The van der Waals surface area contributed by atoms with Crippen LogP contribution in [0.3, 0.4) is 0 Å². The smallest absolute Gasteiger partial charge is 0.336 e. The summed E-state index contributed by atoms with van der Waals surface area (Å²) in [4.78, 5) is 11.3. The zero-order valence-corrected chi connectivity index (χ0v) is 10.1. The average molecular weight is 246 g/mol. The molecule has 19 heavy (non-hydrogen) atoms. The molecule has 0 fully saturated rings. The van der Waals surface area contributed by atoms with E-state index in [0.29, 0.717) is 5.58 Å². The van der Waals surface area contributed by atoms with Gasteiger partial charge in [0.1, 0.15) is 5.58 Å². The van der Waals surface area contributed by atoms with E-state index in [0.717, 1.165) is 10.8 Å². The molecule has 1 heterocycles. The third-order valence-corrected chi connectivity index (χ3v) is 3.52. The van der Waals surface area contributed by atoms with Gasteiger partial charge in [0.25, 0.3) is 0 Å². The Morgan fingerprint density at radius 2 is 1.37 bits per heavy atom. The van der Waals surface area contributed by atoms with E-state index in [1.165, 1.54) is 22.2 Å². The van der Waals surface area contributed by atoms with Crippen LogP contribution in [-0.2, 0) is 0 Å². The standard InChI is InChI=1S/C17H10O2/c18-17-10-8-15-14-6-5-11-3-1-2-4-12(11)13(14)7-9-16(15)19-17/h1-10H. The second-order valence-electron chi connectivity index (χ2n) is 4.61. The van der Waals surface area contributed by atoms with Crippen LogP contribution < -0.4 is 5.63 Å². The van der Waals surface area contributed by atoms with Crippen LogP contribution in [0.15, 0.2) is 69.9 Å². The average Bonchev–Trinajstić information content (AvgIpc) is 2.46. The summed E-state index contributed by atoms with van der Waals surface area (Å²) in [5.41, 5.74) is 0.322. The van der Waals surface area contributed by atoms with Gasteiger partial charge in [0.15, 0.2) is 0 Å². The van der Waals surface area contributed by atoms with Crippen LogP contribution in [0.2, 0.25) is 0 Å². The Kier molecular flexibility index (Phi) is 2.00. The number of fused-ring (bicyclic) bond motifs is 5. The van der Waals surface area contributed by atoms with Crippen LogP contribution in [0.25, 0.3) is 32.5 Å². The van der Waals surface area contributed by atoms with Gasteiger partial charge in [-0.2, -0.15) is 0 Å². The van der Waals surface area contributed by atoms with Crippen molar-refractivity contribution in [2.45, 2.75) is 0 Å². The quantitative estimate of drug-likeness (QED) is 0.345. The van der Waals surface area contributed by atoms with Gasteiger partial charge in [-0.3, -0.25) is 0 Å². The Balaban J connectivity index is 2.29. The Morgan fingerprint density at radius 1 is 0.632 bits per heavy atom. The summed E-state index contributed by atoms with van der Waals surface area (Å²) in [5.74, 6) is 0. The van der Waals surface area contributed by atoms with E-state index in [9.17, 15) is 4.79 Å². The van der Waals surface area contributed by atoms with Gasteiger partial charge in [-0.15, -0.1) is 0 Å². The van der Waals surface area contributed by atoms with Crippen molar-refractivity contribution in [1.82, 2.24) is 0 Å². The summed E-state index contributed by atoms with van der Waals surface area (Å²) in [5, 5.41) is 5.70. The van der Waals surface area contributed by atoms with E-state index in [1.807, 2.05) is 30.3 Å². The molecule has 0 unspecified atom stereocenters. The molecule has 0 spiro atoms. The van der Waals surface area contributed by atoms with Crippen molar-refractivity contribution in [3.8, 4) is 0 Å². The monoisotopic (exact) mass is 246 g/mol. The molecular formula is C17H10O2. The first-order chi connectivity index (χ1) is 9.33. The maximum absolute atomic E-state index is 11.3. The van der Waals surface area contributed by atoms with Crippen LogP contribution in [0.4, 0.5) is 0 Å². The first-order valence-electron chi connectivity index (χ1n) is 6.17. The number of rotatable bonds is 0. The Morgan fingerprint density at radius 3 is 2.32 bits per heavy atom. The van der Waals surface area contributed by atoms with Gasteiger partial charge < -0.3 is 4.42 Å². The molecule has 0 saturated heterocycles. The van der Waals surface area contributed by atoms with Crippen molar-refractivity contribution in [3.05, 3.63) is 71.1 Å². The minimum Gasteiger partial charge on any atom is -0.423 e. The summed E-state index contributed by atoms with van der Waals surface area (Å²) in [7, 11) is 0. The van der Waals surface area contributed by atoms with Gasteiger partial charge >= 0.3 is 5.63 Å². The fourth-order valence-electron chi connectivity index (χ4n) is 2.65. The molecule has 4 rings (SSSR count). The fraction of sp³-hybridized carbons (Fsp3) is 0. The van der Waals surface area contributed by atoms with Crippen molar-refractivity contribution < 1.29 is 4.42 Å². The van der Waals surface area contributed by atoms with Crippen molar-refractivity contribution in [2.75, 3.05) is 0 Å². The summed E-state index contributed by atoms with van der Waals surface area (Å²) in [6.45, 7) is 0. The van der Waals surface area contributed by atoms with Gasteiger partial charge in [0.2, 0.25) is 0 Å². The predicted octanol–water partition coefficient (Wildman–Crippen LogP) is 4.10. The molecule has 4 aromatic rings. The summed E-state index contributed by atoms with van der Waals surface area (Å²) >= 11 is 0. The van der Waals surface area contributed by atoms with Crippen LogP contribution in [0.1, 0.15) is 0 Å². The highest BCUT2D eigenvalue weighted by molar-refractivity contribution is 6.16. The zero-order valence-electron chi connectivity index (χ0n) is 10.1. The lowest BCUT2D eigenvalue weighted by Gasteiger charge is -2.06. The second kappa shape index (κ2) is 3.69. The number of hydrogen-bond acceptors (Lipinski definition) is 2. The van der Waals surface area contributed by atoms with E-state index in [4.69, 9.17) is 4.42 Å². The highest BCUT2D eigenvalue weighted by Gasteiger charge is 2.05. The maximum atomic E-state index is 11.3. The first kappa shape index (κ1) is 10.3. The first-order valence-corrected chi connectivity index (χ1v) is 6.17. The lowest BCUT2D eigenvalue weighted by molar-refractivity contribution is 0.561. The molecule has 0 bridgehead atoms. The van der Waals surface area contributed by atoms with Crippen molar-refractivity contribution in [3.63, 3.8) is 0 Å². The van der Waals surface area contributed by atoms with Crippen LogP contribution >= 0.6 is 0 Å². The van der Waals surface area contributed by atoms with E-state index in [-0.39, 0.29) is 5.63 Å². The largest absolute Gasteiger partial charge is 0.423 e. The summed E-state index contributed by atoms with van der Waals surface area (Å²) in [6, 6.07) is 19.7. The Labute approximate surface area is 108 Å². The molecule has 0 saturated carbocycles. The lowest BCUT2D eigenvalue weighted by Crippen LogP contribution is -1.94. The zero-order chi connectivity index (χ0) is 12.8. The van der Waals surface area contributed by atoms with Gasteiger partial charge in [0.05, 0.1) is 0 Å². The molecule has 0 N–H and O–H groups in total. The fourth-order valence-corrected chi connectivity index (χ4v) is 2.65. The molecule has 3 aromatic carbocycles. The topological polar surface area (TPSA) is 30.2 Å². The molecule has 90 valence electrons. The third kappa shape index (κ3) is 1.47. The highest BCUT2D eigenvalue weighted by Crippen LogP contribution is 2.30. The molecule has 0 aliphatic heterocycles. The molecule has 0 amide bonds. The van der Waals surface area contributed by atoms with Crippen molar-refractivity contribution in [2.24, 2.45) is 0 Å².